The van der Waals surface area contributed by atoms with Gasteiger partial charge in [0, 0.05) is 19.4 Å². The lowest BCUT2D eigenvalue weighted by atomic mass is 10.0. The van der Waals surface area contributed by atoms with Crippen molar-refractivity contribution in [2.24, 2.45) is 5.73 Å². The minimum absolute atomic E-state index is 0.0537. The molecule has 0 aromatic heterocycles. The number of hydrogen-bond acceptors (Lipinski definition) is 8. The van der Waals surface area contributed by atoms with E-state index in [0.717, 1.165) is 51.4 Å². The first kappa shape index (κ1) is 56.5. The molecular formula is C48H92NO8P. The molecule has 0 saturated heterocycles. The Morgan fingerprint density at radius 2 is 0.897 bits per heavy atom. The lowest BCUT2D eigenvalue weighted by molar-refractivity contribution is -0.161. The van der Waals surface area contributed by atoms with Crippen molar-refractivity contribution in [3.8, 4) is 0 Å². The van der Waals surface area contributed by atoms with Gasteiger partial charge in [0.25, 0.3) is 0 Å². The molecule has 0 rings (SSSR count). The third-order valence-corrected chi connectivity index (χ3v) is 11.6. The second-order valence-corrected chi connectivity index (χ2v) is 17.8. The standard InChI is InChI=1S/C48H92NO8P/c1-3-5-7-9-11-13-15-17-19-21-23-25-26-28-30-32-34-36-38-40-47(50)54-44-46(45-56-58(52,53)55-43-42-49)57-48(51)41-39-37-35-33-31-29-27-24-22-20-18-16-14-12-10-8-6-4-2/h14,16,20,22,46H,3-13,15,17-19,21,23-45,49H2,1-2H3,(H,52,53)/b16-14-,22-20-. The van der Waals surface area contributed by atoms with E-state index in [4.69, 9.17) is 24.3 Å². The van der Waals surface area contributed by atoms with E-state index in [0.29, 0.717) is 6.42 Å². The van der Waals surface area contributed by atoms with Gasteiger partial charge in [0.1, 0.15) is 6.61 Å². The third kappa shape index (κ3) is 44.1. The van der Waals surface area contributed by atoms with Crippen molar-refractivity contribution in [1.29, 1.82) is 0 Å². The number of carbonyl (C=O) groups excluding carboxylic acids is 2. The first-order valence-corrected chi connectivity index (χ1v) is 25.8. The quantitative estimate of drug-likeness (QED) is 0.0266. The normalized spacial score (nSPS) is 13.4. The van der Waals surface area contributed by atoms with Gasteiger partial charge in [-0.1, -0.05) is 205 Å². The zero-order valence-corrected chi connectivity index (χ0v) is 38.7. The Morgan fingerprint density at radius 3 is 1.33 bits per heavy atom. The van der Waals surface area contributed by atoms with Crippen molar-refractivity contribution in [3.63, 3.8) is 0 Å². The number of allylic oxidation sites excluding steroid dienone is 4. The van der Waals surface area contributed by atoms with Crippen molar-refractivity contribution in [3.05, 3.63) is 24.3 Å². The van der Waals surface area contributed by atoms with Crippen LogP contribution in [0.2, 0.25) is 0 Å². The highest BCUT2D eigenvalue weighted by Crippen LogP contribution is 2.43. The number of nitrogens with two attached hydrogens (primary N) is 1. The van der Waals surface area contributed by atoms with Gasteiger partial charge < -0.3 is 20.1 Å². The van der Waals surface area contributed by atoms with Gasteiger partial charge in [0.2, 0.25) is 0 Å². The lowest BCUT2D eigenvalue weighted by Crippen LogP contribution is -2.29. The van der Waals surface area contributed by atoms with Gasteiger partial charge in [0.15, 0.2) is 6.10 Å². The maximum Gasteiger partial charge on any atom is 0.472 e. The van der Waals surface area contributed by atoms with Gasteiger partial charge in [-0.15, -0.1) is 0 Å². The monoisotopic (exact) mass is 842 g/mol. The summed E-state index contributed by atoms with van der Waals surface area (Å²) in [6.45, 7) is 3.75. The van der Waals surface area contributed by atoms with Gasteiger partial charge in [-0.05, 0) is 44.9 Å². The summed E-state index contributed by atoms with van der Waals surface area (Å²) in [5.74, 6) is -0.825. The van der Waals surface area contributed by atoms with Gasteiger partial charge >= 0.3 is 19.8 Å². The van der Waals surface area contributed by atoms with Crippen molar-refractivity contribution in [2.45, 2.75) is 245 Å². The molecule has 0 saturated carbocycles. The average Bonchev–Trinajstić information content (AvgIpc) is 3.21. The molecule has 0 amide bonds. The first-order chi connectivity index (χ1) is 28.3. The largest absolute Gasteiger partial charge is 0.472 e. The van der Waals surface area contributed by atoms with Crippen LogP contribution in [0.3, 0.4) is 0 Å². The van der Waals surface area contributed by atoms with Crippen LogP contribution in [0.25, 0.3) is 0 Å². The Morgan fingerprint density at radius 1 is 0.517 bits per heavy atom. The van der Waals surface area contributed by atoms with Gasteiger partial charge in [-0.2, -0.15) is 0 Å². The number of ether oxygens (including phenoxy) is 2. The van der Waals surface area contributed by atoms with Crippen LogP contribution in [0.15, 0.2) is 24.3 Å². The zero-order valence-electron chi connectivity index (χ0n) is 37.8. The molecule has 0 aliphatic rings. The first-order valence-electron chi connectivity index (χ1n) is 24.3. The molecule has 0 aromatic carbocycles. The van der Waals surface area contributed by atoms with Crippen molar-refractivity contribution < 1.29 is 37.6 Å². The third-order valence-electron chi connectivity index (χ3n) is 10.6. The number of esters is 2. The summed E-state index contributed by atoms with van der Waals surface area (Å²) in [6.07, 6.45) is 49.2. The molecule has 0 fully saturated rings. The summed E-state index contributed by atoms with van der Waals surface area (Å²) in [6, 6.07) is 0. The predicted octanol–water partition coefficient (Wildman–Crippen LogP) is 14.3. The van der Waals surface area contributed by atoms with Gasteiger partial charge in [0.05, 0.1) is 13.2 Å². The molecule has 342 valence electrons. The summed E-state index contributed by atoms with van der Waals surface area (Å²) >= 11 is 0. The van der Waals surface area contributed by atoms with E-state index >= 15 is 0 Å². The molecule has 0 spiro atoms. The van der Waals surface area contributed by atoms with Gasteiger partial charge in [-0.25, -0.2) is 4.57 Å². The smallest absolute Gasteiger partial charge is 0.462 e. The van der Waals surface area contributed by atoms with E-state index in [1.807, 2.05) is 0 Å². The molecule has 2 unspecified atom stereocenters. The molecule has 3 N–H and O–H groups in total. The van der Waals surface area contributed by atoms with E-state index < -0.39 is 26.5 Å². The van der Waals surface area contributed by atoms with E-state index in [2.05, 4.69) is 38.2 Å². The number of carbonyl (C=O) groups is 2. The van der Waals surface area contributed by atoms with Crippen LogP contribution in [0.5, 0.6) is 0 Å². The van der Waals surface area contributed by atoms with Crippen LogP contribution >= 0.6 is 7.82 Å². The van der Waals surface area contributed by atoms with Crippen LogP contribution in [-0.2, 0) is 32.7 Å². The van der Waals surface area contributed by atoms with Crippen LogP contribution in [-0.4, -0.2) is 49.3 Å². The minimum atomic E-state index is -4.38. The predicted molar refractivity (Wildman–Crippen MR) is 243 cm³/mol. The molecule has 0 aromatic rings. The maximum absolute atomic E-state index is 12.6. The number of hydrogen-bond donors (Lipinski definition) is 2. The van der Waals surface area contributed by atoms with Crippen LogP contribution in [0.1, 0.15) is 239 Å². The average molecular weight is 842 g/mol. The highest BCUT2D eigenvalue weighted by atomic mass is 31.2. The molecule has 9 nitrogen and oxygen atoms in total. The van der Waals surface area contributed by atoms with E-state index in [1.165, 1.54) is 154 Å². The van der Waals surface area contributed by atoms with E-state index in [-0.39, 0.29) is 38.6 Å². The number of phosphoric ester groups is 1. The fourth-order valence-electron chi connectivity index (χ4n) is 6.96. The fourth-order valence-corrected chi connectivity index (χ4v) is 7.73. The SMILES string of the molecule is CCCCCC/C=C\C/C=C\CCCCCCCCCC(=O)OC(COC(=O)CCCCCCCCCCCCCCCCCCCCC)COP(=O)(O)OCCN. The molecule has 58 heavy (non-hydrogen) atoms. The summed E-state index contributed by atoms with van der Waals surface area (Å²) in [5.41, 5.74) is 5.36. The Hall–Kier alpha value is -1.51. The summed E-state index contributed by atoms with van der Waals surface area (Å²) in [4.78, 5) is 35.0. The molecule has 0 radical (unpaired) electrons. The molecular weight excluding hydrogens is 750 g/mol. The highest BCUT2D eigenvalue weighted by molar-refractivity contribution is 7.47. The second kappa shape index (κ2) is 45.0. The van der Waals surface area contributed by atoms with E-state index in [9.17, 15) is 19.0 Å². The highest BCUT2D eigenvalue weighted by Gasteiger charge is 2.26. The van der Waals surface area contributed by atoms with Crippen LogP contribution in [0, 0.1) is 0 Å². The lowest BCUT2D eigenvalue weighted by Gasteiger charge is -2.19. The summed E-state index contributed by atoms with van der Waals surface area (Å²) < 4.78 is 32.9. The van der Waals surface area contributed by atoms with Crippen molar-refractivity contribution >= 4 is 19.8 Å². The Kier molecular flexibility index (Phi) is 43.9. The summed E-state index contributed by atoms with van der Waals surface area (Å²) in [7, 11) is -4.38. The zero-order chi connectivity index (χ0) is 42.5. The molecule has 0 heterocycles. The molecule has 0 bridgehead atoms. The van der Waals surface area contributed by atoms with Crippen molar-refractivity contribution in [2.75, 3.05) is 26.4 Å². The summed E-state index contributed by atoms with van der Waals surface area (Å²) in [5, 5.41) is 0. The van der Waals surface area contributed by atoms with Crippen LogP contribution in [0.4, 0.5) is 0 Å². The van der Waals surface area contributed by atoms with Crippen LogP contribution < -0.4 is 5.73 Å². The Bertz CT molecular complexity index is 1010. The maximum atomic E-state index is 12.6. The Balaban J connectivity index is 4.06. The minimum Gasteiger partial charge on any atom is -0.462 e. The van der Waals surface area contributed by atoms with Gasteiger partial charge in [-0.3, -0.25) is 18.6 Å². The van der Waals surface area contributed by atoms with Crippen molar-refractivity contribution in [1.82, 2.24) is 0 Å². The topological polar surface area (TPSA) is 134 Å². The molecule has 0 aliphatic heterocycles. The Labute approximate surface area is 357 Å². The molecule has 10 heteroatoms. The second-order valence-electron chi connectivity index (χ2n) is 16.3. The fraction of sp³-hybridized carbons (Fsp3) is 0.875. The number of rotatable bonds is 46. The molecule has 0 aliphatic carbocycles. The number of unbranched alkanes of at least 4 members (excludes halogenated alkanes) is 29. The van der Waals surface area contributed by atoms with E-state index in [1.54, 1.807) is 0 Å². The number of phosphoric acid groups is 1. The molecule has 2 atom stereocenters.